The zero-order chi connectivity index (χ0) is 9.42. The standard InChI is InChI=1S/C10H17N3/c1-6-4-3-5-8(6)9-7(2)10(11)13-12-9/h6,8H,3-5H2,1-2H3,(H3,11,12,13). The lowest BCUT2D eigenvalue weighted by molar-refractivity contribution is 0.519. The first-order valence-corrected chi connectivity index (χ1v) is 5.00. The molecule has 2 atom stereocenters. The van der Waals surface area contributed by atoms with E-state index in [9.17, 15) is 0 Å². The molecule has 0 saturated heterocycles. The van der Waals surface area contributed by atoms with Gasteiger partial charge in [0, 0.05) is 17.2 Å². The number of hydrogen-bond donors (Lipinski definition) is 2. The number of nitrogens with one attached hydrogen (secondary N) is 1. The second-order valence-corrected chi connectivity index (χ2v) is 4.16. The second-order valence-electron chi connectivity index (χ2n) is 4.16. The van der Waals surface area contributed by atoms with Crippen molar-refractivity contribution in [2.75, 3.05) is 5.73 Å². The predicted octanol–water partition coefficient (Wildman–Crippen LogP) is 2.20. The largest absolute Gasteiger partial charge is 0.382 e. The molecular weight excluding hydrogens is 162 g/mol. The molecule has 1 fully saturated rings. The SMILES string of the molecule is Cc1c(N)n[nH]c1C1CCCC1C. The zero-order valence-electron chi connectivity index (χ0n) is 8.30. The van der Waals surface area contributed by atoms with Crippen molar-refractivity contribution in [2.24, 2.45) is 5.92 Å². The summed E-state index contributed by atoms with van der Waals surface area (Å²) in [5.41, 5.74) is 8.13. The Morgan fingerprint density at radius 3 is 2.69 bits per heavy atom. The fourth-order valence-electron chi connectivity index (χ4n) is 2.36. The van der Waals surface area contributed by atoms with Crippen molar-refractivity contribution in [1.29, 1.82) is 0 Å². The van der Waals surface area contributed by atoms with Gasteiger partial charge in [-0.25, -0.2) is 0 Å². The van der Waals surface area contributed by atoms with Crippen LogP contribution >= 0.6 is 0 Å². The van der Waals surface area contributed by atoms with E-state index < -0.39 is 0 Å². The average molecular weight is 179 g/mol. The molecular formula is C10H17N3. The molecule has 3 N–H and O–H groups in total. The molecule has 0 radical (unpaired) electrons. The van der Waals surface area contributed by atoms with Crippen molar-refractivity contribution in [2.45, 2.75) is 39.0 Å². The first kappa shape index (κ1) is 8.60. The fourth-order valence-corrected chi connectivity index (χ4v) is 2.36. The van der Waals surface area contributed by atoms with Crippen LogP contribution in [0, 0.1) is 12.8 Å². The van der Waals surface area contributed by atoms with Crippen LogP contribution in [-0.2, 0) is 0 Å². The normalized spacial score (nSPS) is 28.2. The molecule has 1 aliphatic rings. The van der Waals surface area contributed by atoms with E-state index in [2.05, 4.69) is 24.0 Å². The Morgan fingerprint density at radius 2 is 2.23 bits per heavy atom. The molecule has 2 unspecified atom stereocenters. The number of H-pyrrole nitrogens is 1. The Balaban J connectivity index is 2.29. The summed E-state index contributed by atoms with van der Waals surface area (Å²) in [6.45, 7) is 4.37. The lowest BCUT2D eigenvalue weighted by Crippen LogP contribution is -2.04. The smallest absolute Gasteiger partial charge is 0.148 e. The number of aromatic nitrogens is 2. The third-order valence-electron chi connectivity index (χ3n) is 3.32. The average Bonchev–Trinajstić information content (AvgIpc) is 2.62. The van der Waals surface area contributed by atoms with Crippen LogP contribution in [0.4, 0.5) is 5.82 Å². The number of anilines is 1. The fraction of sp³-hybridized carbons (Fsp3) is 0.700. The molecule has 1 aliphatic carbocycles. The maximum atomic E-state index is 5.71. The van der Waals surface area contributed by atoms with Crippen LogP contribution in [0.1, 0.15) is 43.4 Å². The molecule has 1 aromatic heterocycles. The maximum absolute atomic E-state index is 5.71. The van der Waals surface area contributed by atoms with E-state index in [0.29, 0.717) is 11.7 Å². The highest BCUT2D eigenvalue weighted by molar-refractivity contribution is 5.42. The van der Waals surface area contributed by atoms with E-state index in [0.717, 1.165) is 11.5 Å². The zero-order valence-corrected chi connectivity index (χ0v) is 8.30. The van der Waals surface area contributed by atoms with Gasteiger partial charge in [0.2, 0.25) is 0 Å². The summed E-state index contributed by atoms with van der Waals surface area (Å²) < 4.78 is 0. The van der Waals surface area contributed by atoms with Gasteiger partial charge in [0.05, 0.1) is 0 Å². The number of nitrogens with zero attached hydrogens (tertiary/aromatic N) is 1. The lowest BCUT2D eigenvalue weighted by atomic mass is 9.92. The molecule has 13 heavy (non-hydrogen) atoms. The Labute approximate surface area is 78.7 Å². The second kappa shape index (κ2) is 3.05. The minimum Gasteiger partial charge on any atom is -0.382 e. The van der Waals surface area contributed by atoms with Crippen LogP contribution in [0.2, 0.25) is 0 Å². The summed E-state index contributed by atoms with van der Waals surface area (Å²) in [4.78, 5) is 0. The first-order chi connectivity index (χ1) is 6.20. The molecule has 0 aliphatic heterocycles. The number of hydrogen-bond acceptors (Lipinski definition) is 2. The van der Waals surface area contributed by atoms with Crippen molar-refractivity contribution in [3.05, 3.63) is 11.3 Å². The van der Waals surface area contributed by atoms with Crippen LogP contribution in [-0.4, -0.2) is 10.2 Å². The third kappa shape index (κ3) is 1.32. The van der Waals surface area contributed by atoms with Gasteiger partial charge in [0.25, 0.3) is 0 Å². The van der Waals surface area contributed by atoms with Gasteiger partial charge in [-0.05, 0) is 19.3 Å². The molecule has 3 nitrogen and oxygen atoms in total. The number of rotatable bonds is 1. The van der Waals surface area contributed by atoms with E-state index in [1.54, 1.807) is 0 Å². The molecule has 1 heterocycles. The predicted molar refractivity (Wildman–Crippen MR) is 53.5 cm³/mol. The van der Waals surface area contributed by atoms with E-state index in [1.807, 2.05) is 0 Å². The van der Waals surface area contributed by atoms with Gasteiger partial charge in [-0.15, -0.1) is 0 Å². The molecule has 1 saturated carbocycles. The van der Waals surface area contributed by atoms with Crippen LogP contribution in [0.5, 0.6) is 0 Å². The highest BCUT2D eigenvalue weighted by Gasteiger charge is 2.27. The van der Waals surface area contributed by atoms with Crippen molar-refractivity contribution in [1.82, 2.24) is 10.2 Å². The topological polar surface area (TPSA) is 54.7 Å². The van der Waals surface area contributed by atoms with E-state index in [-0.39, 0.29) is 0 Å². The summed E-state index contributed by atoms with van der Waals surface area (Å²) in [7, 11) is 0. The van der Waals surface area contributed by atoms with Gasteiger partial charge >= 0.3 is 0 Å². The molecule has 0 amide bonds. The van der Waals surface area contributed by atoms with Gasteiger partial charge in [-0.1, -0.05) is 19.8 Å². The lowest BCUT2D eigenvalue weighted by Gasteiger charge is -2.13. The minimum atomic E-state index is 0.657. The molecule has 0 spiro atoms. The number of nitrogens with two attached hydrogens (primary N) is 1. The first-order valence-electron chi connectivity index (χ1n) is 5.00. The molecule has 0 aromatic carbocycles. The Morgan fingerprint density at radius 1 is 1.46 bits per heavy atom. The van der Waals surface area contributed by atoms with Gasteiger partial charge in [-0.2, -0.15) is 5.10 Å². The molecule has 0 bridgehead atoms. The van der Waals surface area contributed by atoms with Crippen LogP contribution in [0.25, 0.3) is 0 Å². The minimum absolute atomic E-state index is 0.657. The quantitative estimate of drug-likeness (QED) is 0.694. The van der Waals surface area contributed by atoms with Gasteiger partial charge in [0.1, 0.15) is 5.82 Å². The third-order valence-corrected chi connectivity index (χ3v) is 3.32. The molecule has 72 valence electrons. The highest BCUT2D eigenvalue weighted by atomic mass is 15.2. The van der Waals surface area contributed by atoms with Crippen molar-refractivity contribution in [3.8, 4) is 0 Å². The summed E-state index contributed by atoms with van der Waals surface area (Å²) >= 11 is 0. The number of nitrogen functional groups attached to an aromatic ring is 1. The van der Waals surface area contributed by atoms with Crippen LogP contribution in [0.15, 0.2) is 0 Å². The summed E-state index contributed by atoms with van der Waals surface area (Å²) in [5.74, 6) is 2.09. The van der Waals surface area contributed by atoms with Crippen molar-refractivity contribution in [3.63, 3.8) is 0 Å². The van der Waals surface area contributed by atoms with Crippen molar-refractivity contribution < 1.29 is 0 Å². The molecule has 1 aromatic rings. The summed E-state index contributed by atoms with van der Waals surface area (Å²) in [6, 6.07) is 0. The summed E-state index contributed by atoms with van der Waals surface area (Å²) in [6.07, 6.45) is 3.96. The number of aromatic amines is 1. The van der Waals surface area contributed by atoms with E-state index in [1.165, 1.54) is 25.0 Å². The van der Waals surface area contributed by atoms with Gasteiger partial charge in [-0.3, -0.25) is 5.10 Å². The Hall–Kier alpha value is -0.990. The molecule has 3 heteroatoms. The monoisotopic (exact) mass is 179 g/mol. The van der Waals surface area contributed by atoms with Gasteiger partial charge in [0.15, 0.2) is 0 Å². The highest BCUT2D eigenvalue weighted by Crippen LogP contribution is 2.40. The van der Waals surface area contributed by atoms with Crippen LogP contribution in [0.3, 0.4) is 0 Å². The Bertz CT molecular complexity index is 303. The van der Waals surface area contributed by atoms with Crippen LogP contribution < -0.4 is 5.73 Å². The maximum Gasteiger partial charge on any atom is 0.148 e. The Kier molecular flexibility index (Phi) is 2.02. The van der Waals surface area contributed by atoms with Gasteiger partial charge < -0.3 is 5.73 Å². The van der Waals surface area contributed by atoms with Crippen molar-refractivity contribution >= 4 is 5.82 Å². The van der Waals surface area contributed by atoms with E-state index in [4.69, 9.17) is 5.73 Å². The summed E-state index contributed by atoms with van der Waals surface area (Å²) in [5, 5.41) is 7.12. The molecule has 2 rings (SSSR count). The van der Waals surface area contributed by atoms with E-state index >= 15 is 0 Å².